The van der Waals surface area contributed by atoms with Crippen LogP contribution in [0.2, 0.25) is 0 Å². The van der Waals surface area contributed by atoms with Gasteiger partial charge in [-0.25, -0.2) is 0 Å². The molecule has 0 aliphatic heterocycles. The second-order valence-electron chi connectivity index (χ2n) is 21.6. The van der Waals surface area contributed by atoms with E-state index in [0.29, 0.717) is 19.3 Å². The first-order chi connectivity index (χ1) is 38.5. The minimum absolute atomic E-state index is 0.0862. The van der Waals surface area contributed by atoms with E-state index < -0.39 is 6.10 Å². The maximum atomic E-state index is 12.9. The van der Waals surface area contributed by atoms with E-state index >= 15 is 0 Å². The Balaban J connectivity index is 4.31. The highest BCUT2D eigenvalue weighted by Gasteiger charge is 2.19. The van der Waals surface area contributed by atoms with Crippen LogP contribution in [-0.4, -0.2) is 37.2 Å². The Labute approximate surface area is 482 Å². The second-order valence-corrected chi connectivity index (χ2v) is 21.6. The molecule has 0 aromatic carbocycles. The summed E-state index contributed by atoms with van der Waals surface area (Å²) in [7, 11) is 0. The van der Waals surface area contributed by atoms with E-state index in [1.807, 2.05) is 0 Å². The summed E-state index contributed by atoms with van der Waals surface area (Å²) in [6.07, 6.45) is 89.5. The van der Waals surface area contributed by atoms with Crippen molar-refractivity contribution in [1.82, 2.24) is 0 Å². The van der Waals surface area contributed by atoms with Gasteiger partial charge in [0.05, 0.1) is 0 Å². The van der Waals surface area contributed by atoms with Gasteiger partial charge < -0.3 is 14.2 Å². The zero-order valence-corrected chi connectivity index (χ0v) is 51.2. The van der Waals surface area contributed by atoms with Gasteiger partial charge in [0.25, 0.3) is 0 Å². The van der Waals surface area contributed by atoms with Crippen LogP contribution in [0.1, 0.15) is 310 Å². The lowest BCUT2D eigenvalue weighted by molar-refractivity contribution is -0.167. The number of allylic oxidation sites excluding steroid dienone is 18. The Hall–Kier alpha value is -3.93. The smallest absolute Gasteiger partial charge is 0.306 e. The molecule has 0 aliphatic rings. The molecular weight excluding hydrogens is 961 g/mol. The molecule has 0 N–H and O–H groups in total. The first-order valence-corrected chi connectivity index (χ1v) is 32.9. The van der Waals surface area contributed by atoms with Crippen molar-refractivity contribution in [3.63, 3.8) is 0 Å². The van der Waals surface area contributed by atoms with E-state index in [4.69, 9.17) is 14.2 Å². The van der Waals surface area contributed by atoms with Gasteiger partial charge >= 0.3 is 17.9 Å². The highest BCUT2D eigenvalue weighted by molar-refractivity contribution is 5.71. The van der Waals surface area contributed by atoms with Gasteiger partial charge in [-0.15, -0.1) is 0 Å². The van der Waals surface area contributed by atoms with Gasteiger partial charge in [-0.05, 0) is 122 Å². The Morgan fingerprint density at radius 1 is 0.269 bits per heavy atom. The standard InChI is InChI=1S/C72H122O6/c1-4-7-10-13-16-19-22-25-28-30-31-32-33-34-35-36-37-38-39-40-41-43-44-47-50-53-56-59-62-65-71(74)77-68-69(67-76-70(73)64-61-58-55-52-49-46-27-24-21-18-15-12-9-6-3)78-72(75)66-63-60-57-54-51-48-45-42-29-26-23-20-17-14-11-8-5-2/h7,10,15-16,18-19,24-29,31-32,34-35,37-38,69H,4-6,8-9,11-14,17,20-23,30,33,36,39-68H2,1-3H3/b10-7-,18-15-,19-16-,27-24-,28-25-,29-26-,32-31-,35-34-,38-37-. The highest BCUT2D eigenvalue weighted by Crippen LogP contribution is 2.16. The monoisotopic (exact) mass is 1080 g/mol. The van der Waals surface area contributed by atoms with Crippen molar-refractivity contribution in [2.24, 2.45) is 0 Å². The number of hydrogen-bond acceptors (Lipinski definition) is 6. The molecule has 0 spiro atoms. The molecule has 0 saturated carbocycles. The molecule has 0 amide bonds. The van der Waals surface area contributed by atoms with E-state index in [1.165, 1.54) is 148 Å². The largest absolute Gasteiger partial charge is 0.462 e. The summed E-state index contributed by atoms with van der Waals surface area (Å²) in [5, 5.41) is 0. The summed E-state index contributed by atoms with van der Waals surface area (Å²) in [5.41, 5.74) is 0. The molecule has 1 atom stereocenters. The first-order valence-electron chi connectivity index (χ1n) is 32.9. The molecule has 0 heterocycles. The van der Waals surface area contributed by atoms with Crippen LogP contribution in [0.5, 0.6) is 0 Å². The number of unbranched alkanes of at least 4 members (excludes halogenated alkanes) is 30. The Morgan fingerprint density at radius 3 is 0.833 bits per heavy atom. The molecule has 0 aliphatic carbocycles. The van der Waals surface area contributed by atoms with Crippen molar-refractivity contribution in [1.29, 1.82) is 0 Å². The minimum atomic E-state index is -0.790. The van der Waals surface area contributed by atoms with Gasteiger partial charge in [-0.2, -0.15) is 0 Å². The third-order valence-corrected chi connectivity index (χ3v) is 14.0. The van der Waals surface area contributed by atoms with Gasteiger partial charge in [0.15, 0.2) is 6.10 Å². The summed E-state index contributed by atoms with van der Waals surface area (Å²) in [5.74, 6) is -0.900. The molecule has 0 aromatic heterocycles. The molecule has 0 fully saturated rings. The molecular formula is C72H122O6. The third kappa shape index (κ3) is 62.9. The highest BCUT2D eigenvalue weighted by atomic mass is 16.6. The Bertz CT molecular complexity index is 1570. The van der Waals surface area contributed by atoms with E-state index in [-0.39, 0.29) is 31.1 Å². The zero-order chi connectivity index (χ0) is 56.4. The Kier molecular flexibility index (Phi) is 62.3. The maximum absolute atomic E-state index is 12.9. The molecule has 6 nitrogen and oxygen atoms in total. The van der Waals surface area contributed by atoms with Gasteiger partial charge in [-0.3, -0.25) is 14.4 Å². The molecule has 78 heavy (non-hydrogen) atoms. The van der Waals surface area contributed by atoms with Gasteiger partial charge in [-0.1, -0.05) is 278 Å². The number of ether oxygens (including phenoxy) is 3. The van der Waals surface area contributed by atoms with E-state index in [1.54, 1.807) is 0 Å². The number of carbonyl (C=O) groups is 3. The maximum Gasteiger partial charge on any atom is 0.306 e. The fraction of sp³-hybridized carbons (Fsp3) is 0.708. The van der Waals surface area contributed by atoms with Crippen LogP contribution in [0.3, 0.4) is 0 Å². The lowest BCUT2D eigenvalue weighted by Gasteiger charge is -2.18. The van der Waals surface area contributed by atoms with Gasteiger partial charge in [0.1, 0.15) is 13.2 Å². The van der Waals surface area contributed by atoms with Crippen LogP contribution in [0, 0.1) is 0 Å². The molecule has 446 valence electrons. The van der Waals surface area contributed by atoms with E-state index in [9.17, 15) is 14.4 Å². The van der Waals surface area contributed by atoms with Crippen LogP contribution < -0.4 is 0 Å². The summed E-state index contributed by atoms with van der Waals surface area (Å²) in [4.78, 5) is 38.3. The molecule has 1 unspecified atom stereocenters. The second kappa shape index (κ2) is 65.6. The molecule has 6 heteroatoms. The normalized spacial score (nSPS) is 12.8. The van der Waals surface area contributed by atoms with Crippen LogP contribution in [0.25, 0.3) is 0 Å². The summed E-state index contributed by atoms with van der Waals surface area (Å²) in [6.45, 7) is 6.48. The van der Waals surface area contributed by atoms with Crippen molar-refractivity contribution in [2.45, 2.75) is 316 Å². The van der Waals surface area contributed by atoms with Crippen molar-refractivity contribution in [3.05, 3.63) is 109 Å². The van der Waals surface area contributed by atoms with Crippen molar-refractivity contribution < 1.29 is 28.6 Å². The van der Waals surface area contributed by atoms with Crippen molar-refractivity contribution in [3.8, 4) is 0 Å². The summed E-state index contributed by atoms with van der Waals surface area (Å²) in [6, 6.07) is 0. The molecule has 0 saturated heterocycles. The molecule has 0 bridgehead atoms. The van der Waals surface area contributed by atoms with Crippen LogP contribution in [-0.2, 0) is 28.6 Å². The van der Waals surface area contributed by atoms with Gasteiger partial charge in [0, 0.05) is 19.3 Å². The number of esters is 3. The number of rotatable bonds is 59. The fourth-order valence-electron chi connectivity index (χ4n) is 9.05. The summed E-state index contributed by atoms with van der Waals surface area (Å²) >= 11 is 0. The summed E-state index contributed by atoms with van der Waals surface area (Å²) < 4.78 is 16.9. The lowest BCUT2D eigenvalue weighted by atomic mass is 10.1. The fourth-order valence-corrected chi connectivity index (χ4v) is 9.05. The minimum Gasteiger partial charge on any atom is -0.462 e. The van der Waals surface area contributed by atoms with Crippen molar-refractivity contribution in [2.75, 3.05) is 13.2 Å². The van der Waals surface area contributed by atoms with Crippen molar-refractivity contribution >= 4 is 17.9 Å². The van der Waals surface area contributed by atoms with E-state index in [0.717, 1.165) is 122 Å². The van der Waals surface area contributed by atoms with Crippen LogP contribution >= 0.6 is 0 Å². The first kappa shape index (κ1) is 74.1. The topological polar surface area (TPSA) is 78.9 Å². The molecule has 0 rings (SSSR count). The van der Waals surface area contributed by atoms with Gasteiger partial charge in [0.2, 0.25) is 0 Å². The number of carbonyl (C=O) groups excluding carboxylic acids is 3. The third-order valence-electron chi connectivity index (χ3n) is 14.0. The average molecular weight is 1080 g/mol. The van der Waals surface area contributed by atoms with E-state index in [2.05, 4.69) is 130 Å². The number of hydrogen-bond donors (Lipinski definition) is 0. The zero-order valence-electron chi connectivity index (χ0n) is 51.2. The predicted octanol–water partition coefficient (Wildman–Crippen LogP) is 22.6. The molecule has 0 radical (unpaired) electrons. The lowest BCUT2D eigenvalue weighted by Crippen LogP contribution is -2.30. The SMILES string of the molecule is CC/C=C\C/C=C\C/C=C\C/C=C\C/C=C\C/C=C\CCCCCCCCCCCCC(=O)OCC(COC(=O)CCCCCCC/C=C\C/C=C\CCCC)OC(=O)CCCCCCCCC/C=C\CCCCCCCC. The van der Waals surface area contributed by atoms with Crippen LogP contribution in [0.4, 0.5) is 0 Å². The predicted molar refractivity (Wildman–Crippen MR) is 339 cm³/mol. The average Bonchev–Trinajstić information content (AvgIpc) is 3.44. The van der Waals surface area contributed by atoms with Crippen LogP contribution in [0.15, 0.2) is 109 Å². The molecule has 0 aromatic rings. The Morgan fingerprint density at radius 2 is 0.513 bits per heavy atom. The quantitative estimate of drug-likeness (QED) is 0.0261.